The monoisotopic (exact) mass is 234 g/mol. The molecule has 0 bridgehead atoms. The quantitative estimate of drug-likeness (QED) is 0.815. The number of methoxy groups -OCH3 is 1. The molecular weight excluding hydrogens is 216 g/mol. The maximum Gasteiger partial charge on any atom is 0.316 e. The van der Waals surface area contributed by atoms with E-state index in [9.17, 15) is 4.79 Å². The molecule has 3 heteroatoms. The number of hydrogen-bond donors (Lipinski definition) is 1. The van der Waals surface area contributed by atoms with Crippen LogP contribution in [0.3, 0.4) is 0 Å². The Kier molecular flexibility index (Phi) is 3.48. The van der Waals surface area contributed by atoms with Crippen LogP contribution in [0, 0.1) is 0 Å². The van der Waals surface area contributed by atoms with Crippen molar-refractivity contribution in [1.82, 2.24) is 0 Å². The Morgan fingerprint density at radius 3 is 2.35 bits per heavy atom. The lowest BCUT2D eigenvalue weighted by Crippen LogP contribution is -2.33. The molecule has 17 heavy (non-hydrogen) atoms. The van der Waals surface area contributed by atoms with Crippen LogP contribution in [0.15, 0.2) is 24.3 Å². The summed E-state index contributed by atoms with van der Waals surface area (Å²) in [6.07, 6.45) is 3.85. The van der Waals surface area contributed by atoms with Gasteiger partial charge in [0, 0.05) is 0 Å². The van der Waals surface area contributed by atoms with Gasteiger partial charge in [0.25, 0.3) is 0 Å². The molecule has 0 amide bonds. The lowest BCUT2D eigenvalue weighted by Gasteiger charge is -2.26. The van der Waals surface area contributed by atoms with Crippen molar-refractivity contribution in [2.75, 3.05) is 7.11 Å². The SMILES string of the molecule is COC(=O)C1(c2ccc(CO)cc2)CCCC1. The van der Waals surface area contributed by atoms with Gasteiger partial charge in [-0.1, -0.05) is 37.1 Å². The fraction of sp³-hybridized carbons (Fsp3) is 0.500. The van der Waals surface area contributed by atoms with Crippen LogP contribution in [-0.4, -0.2) is 18.2 Å². The zero-order valence-corrected chi connectivity index (χ0v) is 10.1. The van der Waals surface area contributed by atoms with Gasteiger partial charge in [-0.25, -0.2) is 0 Å². The van der Waals surface area contributed by atoms with Crippen molar-refractivity contribution >= 4 is 5.97 Å². The molecule has 1 saturated carbocycles. The third kappa shape index (κ3) is 2.07. The first-order valence-electron chi connectivity index (χ1n) is 6.01. The molecule has 0 radical (unpaired) electrons. The first kappa shape index (κ1) is 12.1. The van der Waals surface area contributed by atoms with Gasteiger partial charge in [0.2, 0.25) is 0 Å². The van der Waals surface area contributed by atoms with Crippen molar-refractivity contribution in [3.63, 3.8) is 0 Å². The second-order valence-corrected chi connectivity index (χ2v) is 4.64. The molecule has 0 unspecified atom stereocenters. The van der Waals surface area contributed by atoms with Gasteiger partial charge >= 0.3 is 5.97 Å². The average molecular weight is 234 g/mol. The van der Waals surface area contributed by atoms with Gasteiger partial charge in [-0.15, -0.1) is 0 Å². The lowest BCUT2D eigenvalue weighted by atomic mass is 9.78. The number of benzene rings is 1. The summed E-state index contributed by atoms with van der Waals surface area (Å²) >= 11 is 0. The fourth-order valence-electron chi connectivity index (χ4n) is 2.71. The van der Waals surface area contributed by atoms with E-state index >= 15 is 0 Å². The highest BCUT2D eigenvalue weighted by Crippen LogP contribution is 2.42. The molecule has 1 aliphatic rings. The summed E-state index contributed by atoms with van der Waals surface area (Å²) < 4.78 is 4.96. The van der Waals surface area contributed by atoms with E-state index < -0.39 is 5.41 Å². The normalized spacial score (nSPS) is 18.0. The van der Waals surface area contributed by atoms with Crippen molar-refractivity contribution in [2.45, 2.75) is 37.7 Å². The number of carbonyl (C=O) groups is 1. The smallest absolute Gasteiger partial charge is 0.316 e. The molecule has 0 spiro atoms. The highest BCUT2D eigenvalue weighted by molar-refractivity contribution is 5.83. The molecule has 1 fully saturated rings. The van der Waals surface area contributed by atoms with Crippen molar-refractivity contribution in [3.8, 4) is 0 Å². The average Bonchev–Trinajstić information content (AvgIpc) is 2.88. The third-order valence-corrected chi connectivity index (χ3v) is 3.72. The number of carbonyl (C=O) groups excluding carboxylic acids is 1. The molecule has 2 rings (SSSR count). The number of aliphatic hydroxyl groups is 1. The van der Waals surface area contributed by atoms with E-state index in [-0.39, 0.29) is 12.6 Å². The molecule has 3 nitrogen and oxygen atoms in total. The molecule has 1 aliphatic carbocycles. The van der Waals surface area contributed by atoms with Crippen molar-refractivity contribution in [3.05, 3.63) is 35.4 Å². The van der Waals surface area contributed by atoms with Gasteiger partial charge in [0.1, 0.15) is 0 Å². The van der Waals surface area contributed by atoms with Crippen molar-refractivity contribution in [2.24, 2.45) is 0 Å². The number of ether oxygens (including phenoxy) is 1. The molecule has 1 aromatic carbocycles. The van der Waals surface area contributed by atoms with Crippen molar-refractivity contribution < 1.29 is 14.6 Å². The summed E-state index contributed by atoms with van der Waals surface area (Å²) in [7, 11) is 1.45. The van der Waals surface area contributed by atoms with Gasteiger partial charge < -0.3 is 9.84 Å². The van der Waals surface area contributed by atoms with Gasteiger partial charge in [0.15, 0.2) is 0 Å². The largest absolute Gasteiger partial charge is 0.468 e. The molecule has 0 aliphatic heterocycles. The van der Waals surface area contributed by atoms with Gasteiger partial charge in [-0.2, -0.15) is 0 Å². The Morgan fingerprint density at radius 1 is 1.29 bits per heavy atom. The summed E-state index contributed by atoms with van der Waals surface area (Å²) in [4.78, 5) is 12.0. The Balaban J connectivity index is 2.35. The summed E-state index contributed by atoms with van der Waals surface area (Å²) in [6, 6.07) is 7.62. The van der Waals surface area contributed by atoms with E-state index in [1.165, 1.54) is 7.11 Å². The molecule has 0 saturated heterocycles. The molecule has 0 aromatic heterocycles. The Morgan fingerprint density at radius 2 is 1.88 bits per heavy atom. The minimum Gasteiger partial charge on any atom is -0.468 e. The van der Waals surface area contributed by atoms with E-state index in [1.807, 2.05) is 24.3 Å². The predicted octanol–water partition coefficient (Wildman–Crippen LogP) is 2.16. The predicted molar refractivity (Wildman–Crippen MR) is 64.5 cm³/mol. The molecule has 0 heterocycles. The maximum atomic E-state index is 12.0. The van der Waals surface area contributed by atoms with E-state index in [4.69, 9.17) is 9.84 Å². The minimum atomic E-state index is -0.456. The molecular formula is C14H18O3. The van der Waals surface area contributed by atoms with Crippen LogP contribution in [0.25, 0.3) is 0 Å². The third-order valence-electron chi connectivity index (χ3n) is 3.72. The van der Waals surface area contributed by atoms with Crippen LogP contribution in [0.2, 0.25) is 0 Å². The molecule has 1 N–H and O–H groups in total. The lowest BCUT2D eigenvalue weighted by molar-refractivity contribution is -0.147. The first-order valence-corrected chi connectivity index (χ1v) is 6.01. The Hall–Kier alpha value is -1.35. The highest BCUT2D eigenvalue weighted by atomic mass is 16.5. The van der Waals surface area contributed by atoms with E-state index in [1.54, 1.807) is 0 Å². The number of hydrogen-bond acceptors (Lipinski definition) is 3. The molecule has 0 atom stereocenters. The summed E-state index contributed by atoms with van der Waals surface area (Å²) in [5, 5.41) is 9.02. The zero-order valence-electron chi connectivity index (χ0n) is 10.1. The van der Waals surface area contributed by atoms with E-state index in [2.05, 4.69) is 0 Å². The van der Waals surface area contributed by atoms with E-state index in [0.717, 1.165) is 36.8 Å². The second kappa shape index (κ2) is 4.88. The van der Waals surface area contributed by atoms with Crippen LogP contribution in [-0.2, 0) is 21.6 Å². The summed E-state index contributed by atoms with van der Waals surface area (Å²) in [5.74, 6) is -0.133. The van der Waals surface area contributed by atoms with Gasteiger partial charge in [-0.05, 0) is 24.0 Å². The minimum absolute atomic E-state index is 0.0332. The summed E-state index contributed by atoms with van der Waals surface area (Å²) in [5.41, 5.74) is 1.42. The zero-order chi connectivity index (χ0) is 12.3. The second-order valence-electron chi connectivity index (χ2n) is 4.64. The number of rotatable bonds is 3. The standard InChI is InChI=1S/C14H18O3/c1-17-13(16)14(8-2-3-9-14)12-6-4-11(10-15)5-7-12/h4-7,15H,2-3,8-10H2,1H3. The molecule has 1 aromatic rings. The van der Waals surface area contributed by atoms with Crippen LogP contribution in [0.5, 0.6) is 0 Å². The Labute approximate surface area is 101 Å². The van der Waals surface area contributed by atoms with Crippen molar-refractivity contribution in [1.29, 1.82) is 0 Å². The Bertz CT molecular complexity index is 388. The van der Waals surface area contributed by atoms with Gasteiger partial charge in [0.05, 0.1) is 19.1 Å². The van der Waals surface area contributed by atoms with Gasteiger partial charge in [-0.3, -0.25) is 4.79 Å². The first-order chi connectivity index (χ1) is 8.23. The van der Waals surface area contributed by atoms with Crippen LogP contribution in [0.1, 0.15) is 36.8 Å². The highest BCUT2D eigenvalue weighted by Gasteiger charge is 2.43. The van der Waals surface area contributed by atoms with E-state index in [0.29, 0.717) is 0 Å². The number of aliphatic hydroxyl groups excluding tert-OH is 1. The fourth-order valence-corrected chi connectivity index (χ4v) is 2.71. The topological polar surface area (TPSA) is 46.5 Å². The molecule has 92 valence electrons. The van der Waals surface area contributed by atoms with Crippen LogP contribution in [0.4, 0.5) is 0 Å². The van der Waals surface area contributed by atoms with Crippen LogP contribution >= 0.6 is 0 Å². The van der Waals surface area contributed by atoms with Crippen LogP contribution < -0.4 is 0 Å². The maximum absolute atomic E-state index is 12.0. The number of esters is 1. The summed E-state index contributed by atoms with van der Waals surface area (Å²) in [6.45, 7) is 0.0332.